The number of hydrogen-bond acceptors (Lipinski definition) is 2. The molecule has 0 bridgehead atoms. The van der Waals surface area contributed by atoms with Crippen LogP contribution in [0, 0.1) is 5.92 Å². The average molecular weight is 230 g/mol. The summed E-state index contributed by atoms with van der Waals surface area (Å²) in [5.41, 5.74) is 0. The molecule has 2 atom stereocenters. The molecule has 1 fully saturated rings. The van der Waals surface area contributed by atoms with Gasteiger partial charge < -0.3 is 5.32 Å². The molecule has 0 radical (unpaired) electrons. The van der Waals surface area contributed by atoms with E-state index in [1.807, 2.05) is 5.38 Å². The Balaban J connectivity index is 1.81. The van der Waals surface area contributed by atoms with E-state index in [2.05, 4.69) is 25.2 Å². The van der Waals surface area contributed by atoms with Crippen molar-refractivity contribution in [3.63, 3.8) is 0 Å². The zero-order chi connectivity index (χ0) is 10.1. The summed E-state index contributed by atoms with van der Waals surface area (Å²) in [6.45, 7) is 5.54. The highest BCUT2D eigenvalue weighted by molar-refractivity contribution is 7.10. The minimum atomic E-state index is 0.600. The Kier molecular flexibility index (Phi) is 3.15. The third-order valence-electron chi connectivity index (χ3n) is 2.66. The third-order valence-corrected chi connectivity index (χ3v) is 4.08. The van der Waals surface area contributed by atoms with Gasteiger partial charge in [0.1, 0.15) is 0 Å². The van der Waals surface area contributed by atoms with Crippen LogP contribution in [0.2, 0.25) is 5.02 Å². The molecule has 1 N–H and O–H groups in total. The van der Waals surface area contributed by atoms with Gasteiger partial charge in [-0.15, -0.1) is 11.3 Å². The van der Waals surface area contributed by atoms with Gasteiger partial charge in [0.2, 0.25) is 0 Å². The summed E-state index contributed by atoms with van der Waals surface area (Å²) in [5.74, 6) is 1.62. The van der Waals surface area contributed by atoms with Crippen LogP contribution in [0.3, 0.4) is 0 Å². The topological polar surface area (TPSA) is 12.0 Å². The average Bonchev–Trinajstić information content (AvgIpc) is 2.78. The maximum atomic E-state index is 5.90. The minimum Gasteiger partial charge on any atom is -0.314 e. The van der Waals surface area contributed by atoms with Gasteiger partial charge >= 0.3 is 0 Å². The van der Waals surface area contributed by atoms with Crippen LogP contribution in [-0.4, -0.2) is 12.6 Å². The van der Waals surface area contributed by atoms with Crippen LogP contribution in [0.15, 0.2) is 11.4 Å². The molecule has 2 unspecified atom stereocenters. The molecule has 1 saturated carbocycles. The normalized spacial score (nSPS) is 25.7. The maximum Gasteiger partial charge on any atom is 0.0515 e. The fourth-order valence-corrected chi connectivity index (χ4v) is 3.02. The molecule has 1 nitrogen and oxygen atoms in total. The lowest BCUT2D eigenvalue weighted by atomic mass is 10.2. The van der Waals surface area contributed by atoms with Crippen LogP contribution in [-0.2, 0) is 0 Å². The van der Waals surface area contributed by atoms with E-state index in [0.29, 0.717) is 6.04 Å². The SMILES string of the molecule is CC(C)NCC1CC1c1cc(Cl)cs1. The van der Waals surface area contributed by atoms with Gasteiger partial charge in [0.25, 0.3) is 0 Å². The maximum absolute atomic E-state index is 5.90. The quantitative estimate of drug-likeness (QED) is 0.834. The second-order valence-electron chi connectivity index (χ2n) is 4.33. The van der Waals surface area contributed by atoms with Crippen LogP contribution >= 0.6 is 22.9 Å². The molecule has 1 aromatic heterocycles. The predicted molar refractivity (Wildman–Crippen MR) is 63.3 cm³/mol. The van der Waals surface area contributed by atoms with Gasteiger partial charge in [-0.3, -0.25) is 0 Å². The zero-order valence-electron chi connectivity index (χ0n) is 8.59. The van der Waals surface area contributed by atoms with Crippen molar-refractivity contribution in [2.75, 3.05) is 6.54 Å². The Morgan fingerprint density at radius 2 is 2.43 bits per heavy atom. The molecule has 78 valence electrons. The first kappa shape index (κ1) is 10.5. The van der Waals surface area contributed by atoms with Crippen molar-refractivity contribution in [2.24, 2.45) is 5.92 Å². The van der Waals surface area contributed by atoms with E-state index in [1.165, 1.54) is 11.3 Å². The van der Waals surface area contributed by atoms with Crippen LogP contribution in [0.25, 0.3) is 0 Å². The standard InChI is InChI=1S/C11H16ClNS/c1-7(2)13-5-8-3-10(8)11-4-9(12)6-14-11/h4,6-8,10,13H,3,5H2,1-2H3. The molecule has 0 spiro atoms. The first-order chi connectivity index (χ1) is 6.66. The van der Waals surface area contributed by atoms with Crippen LogP contribution in [0.1, 0.15) is 31.1 Å². The van der Waals surface area contributed by atoms with Crippen LogP contribution in [0.5, 0.6) is 0 Å². The summed E-state index contributed by atoms with van der Waals surface area (Å²) >= 11 is 7.70. The summed E-state index contributed by atoms with van der Waals surface area (Å²) in [4.78, 5) is 1.46. The Morgan fingerprint density at radius 1 is 1.64 bits per heavy atom. The van der Waals surface area contributed by atoms with Crippen molar-refractivity contribution in [1.29, 1.82) is 0 Å². The van der Waals surface area contributed by atoms with Gasteiger partial charge in [0, 0.05) is 16.3 Å². The highest BCUT2D eigenvalue weighted by Crippen LogP contribution is 2.49. The van der Waals surface area contributed by atoms with Crippen LogP contribution < -0.4 is 5.32 Å². The molecule has 1 heterocycles. The molecule has 0 saturated heterocycles. The number of rotatable bonds is 4. The third kappa shape index (κ3) is 2.50. The molecule has 0 aliphatic heterocycles. The summed E-state index contributed by atoms with van der Waals surface area (Å²) in [6.07, 6.45) is 1.33. The smallest absolute Gasteiger partial charge is 0.0515 e. The zero-order valence-corrected chi connectivity index (χ0v) is 10.2. The fourth-order valence-electron chi connectivity index (χ4n) is 1.73. The summed E-state index contributed by atoms with van der Waals surface area (Å²) < 4.78 is 0. The van der Waals surface area contributed by atoms with E-state index in [9.17, 15) is 0 Å². The van der Waals surface area contributed by atoms with E-state index < -0.39 is 0 Å². The molecule has 14 heavy (non-hydrogen) atoms. The van der Waals surface area contributed by atoms with Crippen molar-refractivity contribution in [3.05, 3.63) is 21.3 Å². The van der Waals surface area contributed by atoms with Crippen molar-refractivity contribution in [3.8, 4) is 0 Å². The van der Waals surface area contributed by atoms with Gasteiger partial charge in [0.05, 0.1) is 5.02 Å². The lowest BCUT2D eigenvalue weighted by molar-refractivity contribution is 0.555. The minimum absolute atomic E-state index is 0.600. The lowest BCUT2D eigenvalue weighted by Crippen LogP contribution is -2.25. The van der Waals surface area contributed by atoms with E-state index in [0.717, 1.165) is 23.4 Å². The molecule has 1 aliphatic rings. The first-order valence-electron chi connectivity index (χ1n) is 5.14. The molecular weight excluding hydrogens is 214 g/mol. The van der Waals surface area contributed by atoms with E-state index in [-0.39, 0.29) is 0 Å². The Labute approximate surface area is 94.5 Å². The van der Waals surface area contributed by atoms with Crippen LogP contribution in [0.4, 0.5) is 0 Å². The molecule has 2 rings (SSSR count). The largest absolute Gasteiger partial charge is 0.314 e. The molecule has 0 amide bonds. The Bertz CT molecular complexity index is 308. The lowest BCUT2D eigenvalue weighted by Gasteiger charge is -2.06. The molecule has 3 heteroatoms. The van der Waals surface area contributed by atoms with Gasteiger partial charge in [-0.1, -0.05) is 25.4 Å². The number of hydrogen-bond donors (Lipinski definition) is 1. The summed E-state index contributed by atoms with van der Waals surface area (Å²) in [7, 11) is 0. The fraction of sp³-hybridized carbons (Fsp3) is 0.636. The van der Waals surface area contributed by atoms with Gasteiger partial charge in [-0.05, 0) is 30.9 Å². The van der Waals surface area contributed by atoms with Crippen molar-refractivity contribution >= 4 is 22.9 Å². The second-order valence-corrected chi connectivity index (χ2v) is 5.71. The molecular formula is C11H16ClNS. The Hall–Kier alpha value is -0.0500. The Morgan fingerprint density at radius 3 is 3.00 bits per heavy atom. The van der Waals surface area contributed by atoms with Crippen molar-refractivity contribution in [1.82, 2.24) is 5.32 Å². The van der Waals surface area contributed by atoms with E-state index in [4.69, 9.17) is 11.6 Å². The number of nitrogens with one attached hydrogen (secondary N) is 1. The van der Waals surface area contributed by atoms with Crippen molar-refractivity contribution < 1.29 is 0 Å². The van der Waals surface area contributed by atoms with Crippen molar-refractivity contribution in [2.45, 2.75) is 32.2 Å². The highest BCUT2D eigenvalue weighted by Gasteiger charge is 2.38. The summed E-state index contributed by atoms with van der Waals surface area (Å²) in [6, 6.07) is 2.72. The molecule has 1 aliphatic carbocycles. The van der Waals surface area contributed by atoms with Gasteiger partial charge in [-0.2, -0.15) is 0 Å². The summed E-state index contributed by atoms with van der Waals surface area (Å²) in [5, 5.41) is 6.41. The number of halogens is 1. The van der Waals surface area contributed by atoms with Gasteiger partial charge in [-0.25, -0.2) is 0 Å². The number of thiophene rings is 1. The second kappa shape index (κ2) is 4.21. The highest BCUT2D eigenvalue weighted by atomic mass is 35.5. The monoisotopic (exact) mass is 229 g/mol. The predicted octanol–water partition coefficient (Wildman–Crippen LogP) is 3.50. The molecule has 0 aromatic carbocycles. The molecule has 1 aromatic rings. The van der Waals surface area contributed by atoms with Gasteiger partial charge in [0.15, 0.2) is 0 Å². The van der Waals surface area contributed by atoms with E-state index in [1.54, 1.807) is 11.3 Å². The van der Waals surface area contributed by atoms with E-state index >= 15 is 0 Å². The first-order valence-corrected chi connectivity index (χ1v) is 6.40.